The lowest BCUT2D eigenvalue weighted by molar-refractivity contribution is -0.144. The Hall–Kier alpha value is -1.04. The molecule has 0 aliphatic heterocycles. The first-order valence-electron chi connectivity index (χ1n) is 3.35. The summed E-state index contributed by atoms with van der Waals surface area (Å²) >= 11 is 0. The van der Waals surface area contributed by atoms with Crippen molar-refractivity contribution in [2.24, 2.45) is 11.8 Å². The van der Waals surface area contributed by atoms with E-state index >= 15 is 0 Å². The monoisotopic (exact) mass is 139 g/mol. The molecule has 0 aromatic carbocycles. The molecule has 1 saturated carbocycles. The van der Waals surface area contributed by atoms with Gasteiger partial charge in [0.15, 0.2) is 0 Å². The highest BCUT2D eigenvalue weighted by Crippen LogP contribution is 2.38. The molecule has 0 radical (unpaired) electrons. The maximum absolute atomic E-state index is 10.8. The number of ether oxygens (including phenoxy) is 1. The molecule has 0 spiro atoms. The third-order valence-corrected chi connectivity index (χ3v) is 1.55. The molecule has 1 fully saturated rings. The molecule has 0 saturated heterocycles. The van der Waals surface area contributed by atoms with Gasteiger partial charge in [-0.25, -0.2) is 0 Å². The first-order valence-corrected chi connectivity index (χ1v) is 3.35. The van der Waals surface area contributed by atoms with Crippen LogP contribution in [0.2, 0.25) is 0 Å². The van der Waals surface area contributed by atoms with Gasteiger partial charge >= 0.3 is 5.97 Å². The van der Waals surface area contributed by atoms with E-state index in [9.17, 15) is 4.79 Å². The number of hydrogen-bond donors (Lipinski definition) is 0. The van der Waals surface area contributed by atoms with Crippen molar-refractivity contribution in [3.05, 3.63) is 0 Å². The van der Waals surface area contributed by atoms with E-state index in [1.54, 1.807) is 6.92 Å². The minimum absolute atomic E-state index is 0.0703. The van der Waals surface area contributed by atoms with Crippen molar-refractivity contribution < 1.29 is 9.53 Å². The van der Waals surface area contributed by atoms with E-state index in [1.807, 2.05) is 6.07 Å². The van der Waals surface area contributed by atoms with Crippen molar-refractivity contribution >= 4 is 5.97 Å². The molecule has 1 rings (SSSR count). The Morgan fingerprint density at radius 1 is 1.90 bits per heavy atom. The quantitative estimate of drug-likeness (QED) is 0.529. The second-order valence-corrected chi connectivity index (χ2v) is 2.33. The van der Waals surface area contributed by atoms with Crippen molar-refractivity contribution in [1.29, 1.82) is 5.26 Å². The Morgan fingerprint density at radius 2 is 2.60 bits per heavy atom. The lowest BCUT2D eigenvalue weighted by atomic mass is 10.3. The summed E-state index contributed by atoms with van der Waals surface area (Å²) in [6.07, 6.45) is 0.690. The van der Waals surface area contributed by atoms with Gasteiger partial charge in [-0.2, -0.15) is 5.26 Å². The molecule has 0 bridgehead atoms. The summed E-state index contributed by atoms with van der Waals surface area (Å²) < 4.78 is 4.71. The maximum Gasteiger partial charge on any atom is 0.310 e. The van der Waals surface area contributed by atoms with Gasteiger partial charge in [-0.1, -0.05) is 0 Å². The molecule has 0 aromatic heterocycles. The first-order chi connectivity index (χ1) is 4.79. The molecule has 0 unspecified atom stereocenters. The van der Waals surface area contributed by atoms with Gasteiger partial charge < -0.3 is 4.74 Å². The van der Waals surface area contributed by atoms with Crippen LogP contribution < -0.4 is 0 Å². The fraction of sp³-hybridized carbons (Fsp3) is 0.714. The van der Waals surface area contributed by atoms with Gasteiger partial charge in [-0.05, 0) is 13.3 Å². The summed E-state index contributed by atoms with van der Waals surface area (Å²) in [4.78, 5) is 10.8. The second-order valence-electron chi connectivity index (χ2n) is 2.33. The third-order valence-electron chi connectivity index (χ3n) is 1.55. The number of nitrogens with zero attached hydrogens (tertiary/aromatic N) is 1. The zero-order chi connectivity index (χ0) is 7.56. The molecule has 0 amide bonds. The highest BCUT2D eigenvalue weighted by molar-refractivity contribution is 5.76. The van der Waals surface area contributed by atoms with Crippen LogP contribution in [0.4, 0.5) is 0 Å². The fourth-order valence-electron chi connectivity index (χ4n) is 0.847. The standard InChI is InChI=1S/C7H9NO2/c1-2-10-7(9)6-3-5(6)4-8/h5-6H,2-3H2,1H3/t5-,6-/m0/s1. The zero-order valence-corrected chi connectivity index (χ0v) is 5.83. The number of rotatable bonds is 2. The Kier molecular flexibility index (Phi) is 1.91. The fourth-order valence-corrected chi connectivity index (χ4v) is 0.847. The SMILES string of the molecule is CCOC(=O)[C@H]1C[C@H]1C#N. The largest absolute Gasteiger partial charge is 0.466 e. The number of carbonyl (C=O) groups excluding carboxylic acids is 1. The van der Waals surface area contributed by atoms with Gasteiger partial charge in [-0.3, -0.25) is 4.79 Å². The van der Waals surface area contributed by atoms with Gasteiger partial charge in [-0.15, -0.1) is 0 Å². The van der Waals surface area contributed by atoms with Crippen molar-refractivity contribution in [1.82, 2.24) is 0 Å². The van der Waals surface area contributed by atoms with E-state index in [1.165, 1.54) is 0 Å². The summed E-state index contributed by atoms with van der Waals surface area (Å²) in [5, 5.41) is 8.34. The summed E-state index contributed by atoms with van der Waals surface area (Å²) in [5.74, 6) is -0.405. The summed E-state index contributed by atoms with van der Waals surface area (Å²) in [7, 11) is 0. The van der Waals surface area contributed by atoms with Crippen LogP contribution in [0.25, 0.3) is 0 Å². The number of hydrogen-bond acceptors (Lipinski definition) is 3. The average Bonchev–Trinajstić information content (AvgIpc) is 2.66. The topological polar surface area (TPSA) is 50.1 Å². The van der Waals surface area contributed by atoms with E-state index in [-0.39, 0.29) is 17.8 Å². The first kappa shape index (κ1) is 7.07. The highest BCUT2D eigenvalue weighted by Gasteiger charge is 2.44. The molecular weight excluding hydrogens is 130 g/mol. The van der Waals surface area contributed by atoms with Crippen LogP contribution in [-0.2, 0) is 9.53 Å². The molecular formula is C7H9NO2. The second kappa shape index (κ2) is 2.70. The van der Waals surface area contributed by atoms with Crippen LogP contribution in [0.15, 0.2) is 0 Å². The van der Waals surface area contributed by atoms with Crippen molar-refractivity contribution in [2.75, 3.05) is 6.61 Å². The number of carbonyl (C=O) groups is 1. The van der Waals surface area contributed by atoms with E-state index in [2.05, 4.69) is 0 Å². The molecule has 10 heavy (non-hydrogen) atoms. The minimum atomic E-state index is -0.214. The normalized spacial score (nSPS) is 28.8. The van der Waals surface area contributed by atoms with Crippen LogP contribution in [0.1, 0.15) is 13.3 Å². The lowest BCUT2D eigenvalue weighted by Gasteiger charge is -1.96. The number of esters is 1. The molecule has 3 heteroatoms. The van der Waals surface area contributed by atoms with Crippen molar-refractivity contribution in [3.8, 4) is 6.07 Å². The van der Waals surface area contributed by atoms with Crippen molar-refractivity contribution in [3.63, 3.8) is 0 Å². The van der Waals surface area contributed by atoms with Gasteiger partial charge in [0.25, 0.3) is 0 Å². The lowest BCUT2D eigenvalue weighted by Crippen LogP contribution is -2.06. The molecule has 3 nitrogen and oxygen atoms in total. The van der Waals surface area contributed by atoms with Gasteiger partial charge in [0, 0.05) is 0 Å². The van der Waals surface area contributed by atoms with E-state index in [0.29, 0.717) is 13.0 Å². The van der Waals surface area contributed by atoms with Crippen LogP contribution in [0.5, 0.6) is 0 Å². The van der Waals surface area contributed by atoms with Crippen LogP contribution >= 0.6 is 0 Å². The summed E-state index contributed by atoms with van der Waals surface area (Å²) in [6, 6.07) is 2.03. The molecule has 1 aliphatic rings. The van der Waals surface area contributed by atoms with Gasteiger partial charge in [0.2, 0.25) is 0 Å². The Morgan fingerprint density at radius 3 is 3.00 bits per heavy atom. The third kappa shape index (κ3) is 1.27. The van der Waals surface area contributed by atoms with Gasteiger partial charge in [0.1, 0.15) is 0 Å². The Bertz CT molecular complexity index is 183. The minimum Gasteiger partial charge on any atom is -0.466 e. The molecule has 1 aliphatic carbocycles. The molecule has 0 heterocycles. The molecule has 0 N–H and O–H groups in total. The molecule has 54 valence electrons. The zero-order valence-electron chi connectivity index (χ0n) is 5.83. The maximum atomic E-state index is 10.8. The van der Waals surface area contributed by atoms with Crippen molar-refractivity contribution in [2.45, 2.75) is 13.3 Å². The van der Waals surface area contributed by atoms with Crippen LogP contribution in [0.3, 0.4) is 0 Å². The molecule has 0 aromatic rings. The van der Waals surface area contributed by atoms with Crippen LogP contribution in [-0.4, -0.2) is 12.6 Å². The summed E-state index contributed by atoms with van der Waals surface area (Å²) in [6.45, 7) is 2.18. The Balaban J connectivity index is 2.27. The van der Waals surface area contributed by atoms with Gasteiger partial charge in [0.05, 0.1) is 24.5 Å². The highest BCUT2D eigenvalue weighted by atomic mass is 16.5. The number of nitriles is 1. The van der Waals surface area contributed by atoms with E-state index in [0.717, 1.165) is 0 Å². The van der Waals surface area contributed by atoms with E-state index in [4.69, 9.17) is 10.00 Å². The summed E-state index contributed by atoms with van der Waals surface area (Å²) in [5.41, 5.74) is 0. The predicted octanol–water partition coefficient (Wildman–Crippen LogP) is 0.709. The average molecular weight is 139 g/mol. The van der Waals surface area contributed by atoms with Crippen LogP contribution in [0, 0.1) is 23.2 Å². The molecule has 2 atom stereocenters. The predicted molar refractivity (Wildman–Crippen MR) is 33.8 cm³/mol. The smallest absolute Gasteiger partial charge is 0.310 e. The van der Waals surface area contributed by atoms with E-state index < -0.39 is 0 Å². The Labute approximate surface area is 59.6 Å².